The summed E-state index contributed by atoms with van der Waals surface area (Å²) in [5, 5.41) is 0. The molecule has 0 spiro atoms. The molecule has 0 aromatic heterocycles. The van der Waals surface area contributed by atoms with Gasteiger partial charge in [0, 0.05) is 33.4 Å². The molecule has 0 aliphatic heterocycles. The first-order chi connectivity index (χ1) is 9.26. The third-order valence-corrected chi connectivity index (χ3v) is 3.33. The number of hydrogen-bond donors (Lipinski definition) is 1. The summed E-state index contributed by atoms with van der Waals surface area (Å²) in [4.78, 5) is 2.34. The first-order valence-corrected chi connectivity index (χ1v) is 6.77. The van der Waals surface area contributed by atoms with Crippen LogP contribution < -0.4 is 5.73 Å². The number of nitrogens with zero attached hydrogens (tertiary/aromatic N) is 1. The highest BCUT2D eigenvalue weighted by Crippen LogP contribution is 2.20. The summed E-state index contributed by atoms with van der Waals surface area (Å²) in [7, 11) is 3.44. The fraction of sp³-hybridized carbons (Fsp3) is 0.600. The molecule has 0 heterocycles. The molecule has 0 amide bonds. The van der Waals surface area contributed by atoms with Gasteiger partial charge in [-0.05, 0) is 17.7 Å². The molecule has 1 aromatic rings. The van der Waals surface area contributed by atoms with E-state index in [1.807, 2.05) is 0 Å². The lowest BCUT2D eigenvalue weighted by Gasteiger charge is -2.30. The van der Waals surface area contributed by atoms with Crippen molar-refractivity contribution >= 4 is 0 Å². The van der Waals surface area contributed by atoms with Crippen LogP contribution in [0.2, 0.25) is 0 Å². The Bertz CT molecular complexity index is 341. The smallest absolute Gasteiger partial charge is 0.0713 e. The van der Waals surface area contributed by atoms with Crippen LogP contribution in [0.4, 0.5) is 0 Å². The number of rotatable bonds is 9. The van der Waals surface area contributed by atoms with Gasteiger partial charge in [-0.2, -0.15) is 0 Å². The summed E-state index contributed by atoms with van der Waals surface area (Å²) < 4.78 is 10.3. The maximum absolute atomic E-state index is 5.94. The molecule has 0 bridgehead atoms. The average molecular weight is 266 g/mol. The Hall–Kier alpha value is -0.940. The van der Waals surface area contributed by atoms with Gasteiger partial charge in [0.15, 0.2) is 0 Å². The van der Waals surface area contributed by atoms with E-state index in [0.29, 0.717) is 13.2 Å². The van der Waals surface area contributed by atoms with Crippen LogP contribution in [-0.2, 0) is 16.1 Å². The largest absolute Gasteiger partial charge is 0.383 e. The lowest BCUT2D eigenvalue weighted by molar-refractivity contribution is 0.125. The molecular weight excluding hydrogens is 240 g/mol. The Balaban J connectivity index is 2.76. The molecule has 0 aliphatic rings. The van der Waals surface area contributed by atoms with Crippen LogP contribution in [-0.4, -0.2) is 45.4 Å². The van der Waals surface area contributed by atoms with Crippen molar-refractivity contribution in [3.63, 3.8) is 0 Å². The molecule has 1 unspecified atom stereocenters. The van der Waals surface area contributed by atoms with E-state index in [2.05, 4.69) is 36.1 Å². The van der Waals surface area contributed by atoms with E-state index in [0.717, 1.165) is 19.7 Å². The number of methoxy groups -OCH3 is 2. The number of nitrogens with two attached hydrogens (primary N) is 1. The molecule has 0 saturated carbocycles. The zero-order valence-electron chi connectivity index (χ0n) is 12.3. The van der Waals surface area contributed by atoms with Crippen molar-refractivity contribution in [1.29, 1.82) is 0 Å². The van der Waals surface area contributed by atoms with E-state index in [1.54, 1.807) is 14.2 Å². The van der Waals surface area contributed by atoms with Gasteiger partial charge in [-0.1, -0.05) is 31.2 Å². The average Bonchev–Trinajstić information content (AvgIpc) is 2.45. The Morgan fingerprint density at radius 1 is 1.16 bits per heavy atom. The fourth-order valence-corrected chi connectivity index (χ4v) is 2.24. The minimum atomic E-state index is 0.247. The number of benzene rings is 1. The van der Waals surface area contributed by atoms with E-state index >= 15 is 0 Å². The molecule has 1 aromatic carbocycles. The molecule has 1 rings (SSSR count). The van der Waals surface area contributed by atoms with Crippen LogP contribution in [0.25, 0.3) is 0 Å². The van der Waals surface area contributed by atoms with Gasteiger partial charge < -0.3 is 15.2 Å². The van der Waals surface area contributed by atoms with Crippen molar-refractivity contribution in [2.75, 3.05) is 40.5 Å². The molecule has 1 atom stereocenters. The molecular formula is C15H26N2O2. The number of hydrogen-bond acceptors (Lipinski definition) is 4. The van der Waals surface area contributed by atoms with Crippen LogP contribution in [0.5, 0.6) is 0 Å². The SMILES string of the molecule is CCN(CCOC)C(CN)c1ccc(COC)cc1. The summed E-state index contributed by atoms with van der Waals surface area (Å²) in [5.41, 5.74) is 8.38. The van der Waals surface area contributed by atoms with Gasteiger partial charge >= 0.3 is 0 Å². The second-order valence-corrected chi connectivity index (χ2v) is 4.55. The van der Waals surface area contributed by atoms with Crippen LogP contribution in [0.1, 0.15) is 24.1 Å². The Labute approximate surface area is 116 Å². The quantitative estimate of drug-likeness (QED) is 0.740. The van der Waals surface area contributed by atoms with E-state index in [-0.39, 0.29) is 6.04 Å². The first kappa shape index (κ1) is 16.1. The highest BCUT2D eigenvalue weighted by molar-refractivity contribution is 5.25. The maximum Gasteiger partial charge on any atom is 0.0713 e. The topological polar surface area (TPSA) is 47.7 Å². The molecule has 2 N–H and O–H groups in total. The predicted molar refractivity (Wildman–Crippen MR) is 78.1 cm³/mol. The van der Waals surface area contributed by atoms with Crippen molar-refractivity contribution in [3.05, 3.63) is 35.4 Å². The van der Waals surface area contributed by atoms with Gasteiger partial charge in [-0.25, -0.2) is 0 Å². The van der Waals surface area contributed by atoms with E-state index in [9.17, 15) is 0 Å². The summed E-state index contributed by atoms with van der Waals surface area (Å²) in [6.45, 7) is 6.00. The highest BCUT2D eigenvalue weighted by Gasteiger charge is 2.17. The maximum atomic E-state index is 5.94. The van der Waals surface area contributed by atoms with Crippen molar-refractivity contribution in [2.45, 2.75) is 19.6 Å². The molecule has 0 radical (unpaired) electrons. The van der Waals surface area contributed by atoms with Crippen LogP contribution in [0.3, 0.4) is 0 Å². The third-order valence-electron chi connectivity index (χ3n) is 3.33. The molecule has 0 fully saturated rings. The van der Waals surface area contributed by atoms with Crippen molar-refractivity contribution in [3.8, 4) is 0 Å². The highest BCUT2D eigenvalue weighted by atomic mass is 16.5. The van der Waals surface area contributed by atoms with Crippen molar-refractivity contribution in [1.82, 2.24) is 4.90 Å². The first-order valence-electron chi connectivity index (χ1n) is 6.77. The van der Waals surface area contributed by atoms with Gasteiger partial charge in [-0.15, -0.1) is 0 Å². The minimum absolute atomic E-state index is 0.247. The lowest BCUT2D eigenvalue weighted by atomic mass is 10.0. The monoisotopic (exact) mass is 266 g/mol. The van der Waals surface area contributed by atoms with Gasteiger partial charge in [0.25, 0.3) is 0 Å². The summed E-state index contributed by atoms with van der Waals surface area (Å²) in [5.74, 6) is 0. The van der Waals surface area contributed by atoms with E-state index in [4.69, 9.17) is 15.2 Å². The standard InChI is InChI=1S/C15H26N2O2/c1-4-17(9-10-18-2)15(11-16)14-7-5-13(6-8-14)12-19-3/h5-8,15H,4,9-12,16H2,1-3H3. The van der Waals surface area contributed by atoms with E-state index in [1.165, 1.54) is 11.1 Å². The van der Waals surface area contributed by atoms with Gasteiger partial charge in [0.1, 0.15) is 0 Å². The van der Waals surface area contributed by atoms with Gasteiger partial charge in [-0.3, -0.25) is 4.90 Å². The fourth-order valence-electron chi connectivity index (χ4n) is 2.24. The molecule has 4 nitrogen and oxygen atoms in total. The second-order valence-electron chi connectivity index (χ2n) is 4.55. The molecule has 108 valence electrons. The summed E-state index contributed by atoms with van der Waals surface area (Å²) in [6.07, 6.45) is 0. The zero-order valence-corrected chi connectivity index (χ0v) is 12.3. The summed E-state index contributed by atoms with van der Waals surface area (Å²) >= 11 is 0. The third kappa shape index (κ3) is 4.91. The van der Waals surface area contributed by atoms with Gasteiger partial charge in [0.2, 0.25) is 0 Å². The Morgan fingerprint density at radius 2 is 1.84 bits per heavy atom. The molecule has 0 saturated heterocycles. The minimum Gasteiger partial charge on any atom is -0.383 e. The number of ether oxygens (including phenoxy) is 2. The lowest BCUT2D eigenvalue weighted by Crippen LogP contribution is -2.36. The zero-order chi connectivity index (χ0) is 14.1. The number of likely N-dealkylation sites (N-methyl/N-ethyl adjacent to an activating group) is 1. The van der Waals surface area contributed by atoms with Crippen LogP contribution in [0.15, 0.2) is 24.3 Å². The van der Waals surface area contributed by atoms with Gasteiger partial charge in [0.05, 0.1) is 13.2 Å². The molecule has 19 heavy (non-hydrogen) atoms. The van der Waals surface area contributed by atoms with E-state index < -0.39 is 0 Å². The Morgan fingerprint density at radius 3 is 2.32 bits per heavy atom. The molecule has 4 heteroatoms. The summed E-state index contributed by atoms with van der Waals surface area (Å²) in [6, 6.07) is 8.73. The molecule has 0 aliphatic carbocycles. The van der Waals surface area contributed by atoms with Crippen LogP contribution in [0, 0.1) is 0 Å². The second kappa shape index (κ2) is 9.04. The normalized spacial score (nSPS) is 12.9. The van der Waals surface area contributed by atoms with Crippen LogP contribution >= 0.6 is 0 Å². The van der Waals surface area contributed by atoms with Crippen molar-refractivity contribution < 1.29 is 9.47 Å². The Kier molecular flexibility index (Phi) is 7.67. The van der Waals surface area contributed by atoms with Crippen molar-refractivity contribution in [2.24, 2.45) is 5.73 Å². The predicted octanol–water partition coefficient (Wildman–Crippen LogP) is 1.80.